The molecule has 0 spiro atoms. The molecule has 4 rings (SSSR count). The Labute approximate surface area is 163 Å². The van der Waals surface area contributed by atoms with E-state index in [1.54, 1.807) is 4.90 Å². The maximum atomic E-state index is 12.6. The summed E-state index contributed by atoms with van der Waals surface area (Å²) < 4.78 is 0.884. The van der Waals surface area contributed by atoms with Crippen LogP contribution in [0.2, 0.25) is 0 Å². The molecule has 1 aromatic heterocycles. The van der Waals surface area contributed by atoms with Crippen molar-refractivity contribution in [3.05, 3.63) is 59.1 Å². The number of carbonyl (C=O) groups is 2. The lowest BCUT2D eigenvalue weighted by molar-refractivity contribution is -0.122. The third-order valence-corrected chi connectivity index (χ3v) is 4.88. The first-order chi connectivity index (χ1) is 13.1. The molecule has 1 unspecified atom stereocenters. The van der Waals surface area contributed by atoms with Gasteiger partial charge in [0.15, 0.2) is 5.82 Å². The molecule has 2 aromatic carbocycles. The zero-order valence-corrected chi connectivity index (χ0v) is 15.8. The van der Waals surface area contributed by atoms with Crippen LogP contribution in [-0.2, 0) is 9.59 Å². The van der Waals surface area contributed by atoms with Crippen LogP contribution in [0.3, 0.4) is 0 Å². The number of nitrogens with one attached hydrogen (secondary N) is 2. The van der Waals surface area contributed by atoms with E-state index in [4.69, 9.17) is 0 Å². The van der Waals surface area contributed by atoms with Crippen molar-refractivity contribution >= 4 is 39.4 Å². The summed E-state index contributed by atoms with van der Waals surface area (Å²) >= 11 is 3.40. The molecular weight excluding hydrogens is 410 g/mol. The molecular formula is C19H16BrN5O2. The lowest BCUT2D eigenvalue weighted by Gasteiger charge is -2.16. The van der Waals surface area contributed by atoms with Crippen LogP contribution in [0.4, 0.5) is 11.6 Å². The van der Waals surface area contributed by atoms with Crippen LogP contribution in [0.1, 0.15) is 6.42 Å². The van der Waals surface area contributed by atoms with Gasteiger partial charge >= 0.3 is 0 Å². The van der Waals surface area contributed by atoms with Gasteiger partial charge in [0.2, 0.25) is 17.8 Å². The van der Waals surface area contributed by atoms with Crippen molar-refractivity contribution in [2.75, 3.05) is 16.8 Å². The number of hydrogen-bond donors (Lipinski definition) is 2. The van der Waals surface area contributed by atoms with Gasteiger partial charge < -0.3 is 4.90 Å². The van der Waals surface area contributed by atoms with Crippen LogP contribution in [0, 0.1) is 5.92 Å². The van der Waals surface area contributed by atoms with E-state index < -0.39 is 5.92 Å². The van der Waals surface area contributed by atoms with Crippen molar-refractivity contribution in [2.45, 2.75) is 6.42 Å². The van der Waals surface area contributed by atoms with Crippen LogP contribution in [0.15, 0.2) is 59.1 Å². The number of hydrogen-bond acceptors (Lipinski definition) is 4. The smallest absolute Gasteiger partial charge is 0.249 e. The fraction of sp³-hybridized carbons (Fsp3) is 0.158. The molecule has 2 heterocycles. The average Bonchev–Trinajstić information content (AvgIpc) is 3.29. The Balaban J connectivity index is 1.44. The normalized spacial score (nSPS) is 16.6. The van der Waals surface area contributed by atoms with Crippen LogP contribution in [0.25, 0.3) is 11.4 Å². The molecule has 136 valence electrons. The standard InChI is InChI=1S/C19H16BrN5O2/c20-14-7-4-8-15(10-14)25-11-13(9-16(25)26)18(27)22-19-21-17(23-24-19)12-5-2-1-3-6-12/h1-8,10,13H,9,11H2,(H2,21,22,23,24,27). The molecule has 1 fully saturated rings. The maximum absolute atomic E-state index is 12.6. The minimum absolute atomic E-state index is 0.0757. The molecule has 1 saturated heterocycles. The molecule has 2 amide bonds. The third kappa shape index (κ3) is 3.75. The van der Waals surface area contributed by atoms with Crippen LogP contribution in [-0.4, -0.2) is 33.5 Å². The topological polar surface area (TPSA) is 91.0 Å². The van der Waals surface area contributed by atoms with Crippen molar-refractivity contribution in [3.63, 3.8) is 0 Å². The summed E-state index contributed by atoms with van der Waals surface area (Å²) in [5.74, 6) is -0.0146. The SMILES string of the molecule is O=C(Nc1n[nH]c(-c2ccccc2)n1)C1CC(=O)N(c2cccc(Br)c2)C1. The van der Waals surface area contributed by atoms with E-state index in [1.807, 2.05) is 54.6 Å². The first-order valence-electron chi connectivity index (χ1n) is 8.45. The molecule has 8 heteroatoms. The van der Waals surface area contributed by atoms with Gasteiger partial charge in [-0.3, -0.25) is 20.0 Å². The quantitative estimate of drug-likeness (QED) is 0.670. The first kappa shape index (κ1) is 17.4. The largest absolute Gasteiger partial charge is 0.312 e. The van der Waals surface area contributed by atoms with E-state index in [2.05, 4.69) is 36.4 Å². The highest BCUT2D eigenvalue weighted by Crippen LogP contribution is 2.28. The first-order valence-corrected chi connectivity index (χ1v) is 9.24. The second kappa shape index (κ2) is 7.32. The Morgan fingerprint density at radius 1 is 1.19 bits per heavy atom. The Kier molecular flexibility index (Phi) is 4.72. The van der Waals surface area contributed by atoms with Gasteiger partial charge in [-0.15, -0.1) is 5.10 Å². The predicted octanol–water partition coefficient (Wildman–Crippen LogP) is 3.23. The summed E-state index contributed by atoms with van der Waals surface area (Å²) in [7, 11) is 0. The highest BCUT2D eigenvalue weighted by atomic mass is 79.9. The van der Waals surface area contributed by atoms with Gasteiger partial charge in [-0.25, -0.2) is 0 Å². The van der Waals surface area contributed by atoms with E-state index in [0.29, 0.717) is 12.4 Å². The number of aromatic amines is 1. The molecule has 2 N–H and O–H groups in total. The highest BCUT2D eigenvalue weighted by Gasteiger charge is 2.35. The molecule has 27 heavy (non-hydrogen) atoms. The number of halogens is 1. The van der Waals surface area contributed by atoms with Crippen molar-refractivity contribution in [1.82, 2.24) is 15.2 Å². The van der Waals surface area contributed by atoms with Gasteiger partial charge in [-0.1, -0.05) is 52.3 Å². The number of anilines is 2. The van der Waals surface area contributed by atoms with Crippen LogP contribution in [0.5, 0.6) is 0 Å². The summed E-state index contributed by atoms with van der Waals surface area (Å²) in [6, 6.07) is 17.0. The molecule has 1 aliphatic rings. The van der Waals surface area contributed by atoms with E-state index in [0.717, 1.165) is 15.7 Å². The lowest BCUT2D eigenvalue weighted by Crippen LogP contribution is -2.28. The van der Waals surface area contributed by atoms with E-state index >= 15 is 0 Å². The number of rotatable bonds is 4. The van der Waals surface area contributed by atoms with Crippen LogP contribution < -0.4 is 10.2 Å². The van der Waals surface area contributed by atoms with E-state index in [-0.39, 0.29) is 24.2 Å². The summed E-state index contributed by atoms with van der Waals surface area (Å²) in [6.07, 6.45) is 0.161. The molecule has 7 nitrogen and oxygen atoms in total. The van der Waals surface area contributed by atoms with Gasteiger partial charge in [0, 0.05) is 28.7 Å². The summed E-state index contributed by atoms with van der Waals surface area (Å²) in [4.78, 5) is 30.8. The van der Waals surface area contributed by atoms with Gasteiger partial charge in [0.1, 0.15) is 0 Å². The summed E-state index contributed by atoms with van der Waals surface area (Å²) in [5.41, 5.74) is 1.65. The fourth-order valence-corrected chi connectivity index (χ4v) is 3.42. The van der Waals surface area contributed by atoms with Crippen molar-refractivity contribution in [3.8, 4) is 11.4 Å². The van der Waals surface area contributed by atoms with Crippen molar-refractivity contribution in [1.29, 1.82) is 0 Å². The van der Waals surface area contributed by atoms with Crippen LogP contribution >= 0.6 is 15.9 Å². The van der Waals surface area contributed by atoms with Gasteiger partial charge in [-0.05, 0) is 18.2 Å². The Hall–Kier alpha value is -3.00. The zero-order valence-electron chi connectivity index (χ0n) is 14.2. The second-order valence-corrected chi connectivity index (χ2v) is 7.16. The monoisotopic (exact) mass is 425 g/mol. The Bertz CT molecular complexity index is 989. The number of nitrogens with zero attached hydrogens (tertiary/aromatic N) is 3. The molecule has 0 aliphatic carbocycles. The Morgan fingerprint density at radius 2 is 2.00 bits per heavy atom. The van der Waals surface area contributed by atoms with Gasteiger partial charge in [0.05, 0.1) is 5.92 Å². The molecule has 1 aliphatic heterocycles. The zero-order chi connectivity index (χ0) is 18.8. The number of carbonyl (C=O) groups excluding carboxylic acids is 2. The summed E-state index contributed by atoms with van der Waals surface area (Å²) in [5, 5.41) is 9.55. The minimum atomic E-state index is -0.449. The molecule has 1 atom stereocenters. The third-order valence-electron chi connectivity index (χ3n) is 4.38. The van der Waals surface area contributed by atoms with Crippen molar-refractivity contribution < 1.29 is 9.59 Å². The number of aromatic nitrogens is 3. The molecule has 0 bridgehead atoms. The molecule has 0 radical (unpaired) electrons. The number of amides is 2. The highest BCUT2D eigenvalue weighted by molar-refractivity contribution is 9.10. The van der Waals surface area contributed by atoms with Gasteiger partial charge in [-0.2, -0.15) is 4.98 Å². The number of H-pyrrole nitrogens is 1. The predicted molar refractivity (Wildman–Crippen MR) is 105 cm³/mol. The molecule has 0 saturated carbocycles. The second-order valence-electron chi connectivity index (χ2n) is 6.25. The van der Waals surface area contributed by atoms with Gasteiger partial charge in [0.25, 0.3) is 0 Å². The minimum Gasteiger partial charge on any atom is -0.312 e. The maximum Gasteiger partial charge on any atom is 0.249 e. The lowest BCUT2D eigenvalue weighted by atomic mass is 10.1. The Morgan fingerprint density at radius 3 is 2.78 bits per heavy atom. The fourth-order valence-electron chi connectivity index (χ4n) is 3.03. The summed E-state index contributed by atoms with van der Waals surface area (Å²) in [6.45, 7) is 0.330. The number of benzene rings is 2. The average molecular weight is 426 g/mol. The van der Waals surface area contributed by atoms with Crippen molar-refractivity contribution in [2.24, 2.45) is 5.92 Å². The van der Waals surface area contributed by atoms with E-state index in [1.165, 1.54) is 0 Å². The molecule has 3 aromatic rings. The van der Waals surface area contributed by atoms with E-state index in [9.17, 15) is 9.59 Å².